The van der Waals surface area contributed by atoms with Crippen molar-refractivity contribution in [3.63, 3.8) is 0 Å². The van der Waals surface area contributed by atoms with Gasteiger partial charge >= 0.3 is 5.97 Å². The minimum absolute atomic E-state index is 0.0420. The highest BCUT2D eigenvalue weighted by Crippen LogP contribution is 2.55. The number of ether oxygens (including phenoxy) is 3. The van der Waals surface area contributed by atoms with Crippen molar-refractivity contribution in [3.05, 3.63) is 12.2 Å². The second-order valence-corrected chi connectivity index (χ2v) is 5.66. The van der Waals surface area contributed by atoms with Crippen molar-refractivity contribution < 1.29 is 23.8 Å². The number of amides is 1. The van der Waals surface area contributed by atoms with Crippen LogP contribution >= 0.6 is 0 Å². The minimum atomic E-state index is -0.792. The zero-order valence-electron chi connectivity index (χ0n) is 11.3. The summed E-state index contributed by atoms with van der Waals surface area (Å²) in [4.78, 5) is 26.5. The summed E-state index contributed by atoms with van der Waals surface area (Å²) in [6.07, 6.45) is 3.84. The molecule has 0 unspecified atom stereocenters. The van der Waals surface area contributed by atoms with E-state index in [2.05, 4.69) is 0 Å². The maximum absolute atomic E-state index is 12.6. The number of carbonyl (C=O) groups is 2. The number of nitrogens with zero attached hydrogens (tertiary/aromatic N) is 1. The van der Waals surface area contributed by atoms with Crippen molar-refractivity contribution >= 4 is 11.9 Å². The minimum Gasteiger partial charge on any atom is -0.466 e. The number of rotatable bonds is 2. The molecule has 0 aliphatic carbocycles. The van der Waals surface area contributed by atoms with Gasteiger partial charge in [-0.3, -0.25) is 9.59 Å². The van der Waals surface area contributed by atoms with Crippen molar-refractivity contribution in [2.75, 3.05) is 19.8 Å². The van der Waals surface area contributed by atoms with Gasteiger partial charge in [0.05, 0.1) is 25.2 Å². The van der Waals surface area contributed by atoms with Crippen LogP contribution in [0.15, 0.2) is 12.2 Å². The van der Waals surface area contributed by atoms with Crippen molar-refractivity contribution in [2.24, 2.45) is 11.8 Å². The van der Waals surface area contributed by atoms with E-state index in [1.54, 1.807) is 11.8 Å². The Hall–Kier alpha value is -1.40. The van der Waals surface area contributed by atoms with Crippen molar-refractivity contribution in [3.8, 4) is 0 Å². The summed E-state index contributed by atoms with van der Waals surface area (Å²) in [6.45, 7) is 3.36. The lowest BCUT2D eigenvalue weighted by atomic mass is 9.76. The van der Waals surface area contributed by atoms with Gasteiger partial charge < -0.3 is 19.1 Å². The van der Waals surface area contributed by atoms with Gasteiger partial charge in [0.2, 0.25) is 5.91 Å². The SMILES string of the molecule is CCOC(=O)[C@@H]1[C@H]2C(=O)N3CCCO[C@H]3[C@]23C=C[C@H]1O3. The van der Waals surface area contributed by atoms with Crippen LogP contribution in [-0.2, 0) is 23.8 Å². The summed E-state index contributed by atoms with van der Waals surface area (Å²) in [6, 6.07) is 0. The molecule has 1 amide bonds. The van der Waals surface area contributed by atoms with Crippen LogP contribution in [0.1, 0.15) is 13.3 Å². The standard InChI is InChI=1S/C14H17NO5/c1-2-18-12(17)9-8-4-5-14(20-8)10(9)11(16)15-6-3-7-19-13(14)15/h4-5,8-10,13H,2-3,6-7H2,1H3/t8-,9+,10+,13+,14+/m1/s1. The molecule has 4 aliphatic rings. The first-order valence-corrected chi connectivity index (χ1v) is 7.15. The average Bonchev–Trinajstić information content (AvgIpc) is 3.09. The van der Waals surface area contributed by atoms with Gasteiger partial charge in [-0.2, -0.15) is 0 Å². The molecular weight excluding hydrogens is 262 g/mol. The smallest absolute Gasteiger partial charge is 0.312 e. The van der Waals surface area contributed by atoms with Crippen LogP contribution < -0.4 is 0 Å². The van der Waals surface area contributed by atoms with Crippen LogP contribution in [0.3, 0.4) is 0 Å². The molecule has 1 spiro atoms. The highest BCUT2D eigenvalue weighted by atomic mass is 16.6. The Morgan fingerprint density at radius 1 is 1.60 bits per heavy atom. The average molecular weight is 279 g/mol. The predicted octanol–water partition coefficient (Wildman–Crippen LogP) is 0.0779. The number of hydrogen-bond donors (Lipinski definition) is 0. The molecule has 6 heteroatoms. The molecule has 0 radical (unpaired) electrons. The molecule has 0 aromatic rings. The van der Waals surface area contributed by atoms with Gasteiger partial charge in [0.25, 0.3) is 0 Å². The van der Waals surface area contributed by atoms with Crippen LogP contribution in [-0.4, -0.2) is 54.5 Å². The molecule has 5 atom stereocenters. The third-order valence-corrected chi connectivity index (χ3v) is 4.68. The largest absolute Gasteiger partial charge is 0.466 e. The van der Waals surface area contributed by atoms with Gasteiger partial charge in [0, 0.05) is 6.54 Å². The van der Waals surface area contributed by atoms with Gasteiger partial charge in [0.1, 0.15) is 11.5 Å². The quantitative estimate of drug-likeness (QED) is 0.529. The van der Waals surface area contributed by atoms with Crippen LogP contribution in [0.4, 0.5) is 0 Å². The van der Waals surface area contributed by atoms with Crippen molar-refractivity contribution in [1.29, 1.82) is 0 Å². The van der Waals surface area contributed by atoms with Crippen LogP contribution in [0.25, 0.3) is 0 Å². The van der Waals surface area contributed by atoms with Crippen LogP contribution in [0.5, 0.6) is 0 Å². The fraction of sp³-hybridized carbons (Fsp3) is 0.714. The highest BCUT2D eigenvalue weighted by Gasteiger charge is 2.72. The third-order valence-electron chi connectivity index (χ3n) is 4.68. The molecule has 4 rings (SSSR count). The van der Waals surface area contributed by atoms with Gasteiger partial charge in [-0.1, -0.05) is 6.08 Å². The summed E-state index contributed by atoms with van der Waals surface area (Å²) in [5.41, 5.74) is -0.792. The zero-order chi connectivity index (χ0) is 13.9. The predicted molar refractivity (Wildman–Crippen MR) is 66.4 cm³/mol. The molecule has 20 heavy (non-hydrogen) atoms. The first-order valence-electron chi connectivity index (χ1n) is 7.15. The molecule has 4 aliphatic heterocycles. The van der Waals surface area contributed by atoms with Crippen molar-refractivity contribution in [2.45, 2.75) is 31.3 Å². The lowest BCUT2D eigenvalue weighted by Crippen LogP contribution is -2.49. The molecule has 0 N–H and O–H groups in total. The Morgan fingerprint density at radius 3 is 3.25 bits per heavy atom. The Kier molecular flexibility index (Phi) is 2.50. The summed E-state index contributed by atoms with van der Waals surface area (Å²) in [5, 5.41) is 0. The topological polar surface area (TPSA) is 65.1 Å². The van der Waals surface area contributed by atoms with E-state index in [-0.39, 0.29) is 18.0 Å². The summed E-state index contributed by atoms with van der Waals surface area (Å²) >= 11 is 0. The molecule has 4 heterocycles. The number of fused-ring (bicyclic) bond motifs is 2. The van der Waals surface area contributed by atoms with E-state index in [0.717, 1.165) is 6.42 Å². The lowest BCUT2D eigenvalue weighted by Gasteiger charge is -2.36. The van der Waals surface area contributed by atoms with Crippen LogP contribution in [0.2, 0.25) is 0 Å². The first-order chi connectivity index (χ1) is 9.69. The number of hydrogen-bond acceptors (Lipinski definition) is 5. The Bertz CT molecular complexity index is 504. The van der Waals surface area contributed by atoms with Crippen molar-refractivity contribution in [1.82, 2.24) is 4.90 Å². The molecule has 2 bridgehead atoms. The van der Waals surface area contributed by atoms with Gasteiger partial charge in [-0.25, -0.2) is 0 Å². The summed E-state index contributed by atoms with van der Waals surface area (Å²) < 4.78 is 16.9. The molecule has 0 aromatic carbocycles. The van der Waals surface area contributed by atoms with E-state index in [1.807, 2.05) is 12.2 Å². The van der Waals surface area contributed by atoms with E-state index < -0.39 is 23.7 Å². The van der Waals surface area contributed by atoms with E-state index >= 15 is 0 Å². The fourth-order valence-corrected chi connectivity index (χ4v) is 3.96. The molecule has 6 nitrogen and oxygen atoms in total. The van der Waals surface area contributed by atoms with Gasteiger partial charge in [0.15, 0.2) is 6.23 Å². The fourth-order valence-electron chi connectivity index (χ4n) is 3.96. The third kappa shape index (κ3) is 1.31. The maximum atomic E-state index is 12.6. The molecule has 0 saturated carbocycles. The second-order valence-electron chi connectivity index (χ2n) is 5.66. The van der Waals surface area contributed by atoms with E-state index in [9.17, 15) is 9.59 Å². The normalized spacial score (nSPS) is 44.6. The Morgan fingerprint density at radius 2 is 2.45 bits per heavy atom. The molecule has 108 valence electrons. The lowest BCUT2D eigenvalue weighted by molar-refractivity contribution is -0.168. The maximum Gasteiger partial charge on any atom is 0.312 e. The van der Waals surface area contributed by atoms with Gasteiger partial charge in [-0.15, -0.1) is 0 Å². The number of carbonyl (C=O) groups excluding carboxylic acids is 2. The Labute approximate surface area is 116 Å². The van der Waals surface area contributed by atoms with Gasteiger partial charge in [-0.05, 0) is 19.4 Å². The first kappa shape index (κ1) is 12.3. The zero-order valence-corrected chi connectivity index (χ0v) is 11.3. The van der Waals surface area contributed by atoms with Crippen LogP contribution in [0, 0.1) is 11.8 Å². The van der Waals surface area contributed by atoms with E-state index in [1.165, 1.54) is 0 Å². The van der Waals surface area contributed by atoms with E-state index in [0.29, 0.717) is 19.8 Å². The summed E-state index contributed by atoms with van der Waals surface area (Å²) in [5.74, 6) is -1.43. The van der Waals surface area contributed by atoms with E-state index in [4.69, 9.17) is 14.2 Å². The number of esters is 1. The Balaban J connectivity index is 1.73. The highest BCUT2D eigenvalue weighted by molar-refractivity contribution is 5.91. The monoisotopic (exact) mass is 279 g/mol. The molecule has 0 aromatic heterocycles. The molecule has 3 fully saturated rings. The second kappa shape index (κ2) is 4.05. The summed E-state index contributed by atoms with van der Waals surface area (Å²) in [7, 11) is 0. The molecular formula is C14H17NO5. The molecule has 3 saturated heterocycles.